The van der Waals surface area contributed by atoms with Crippen molar-refractivity contribution >= 4 is 11.1 Å². The molecule has 0 aliphatic heterocycles. The van der Waals surface area contributed by atoms with Gasteiger partial charge in [0, 0.05) is 17.3 Å². The van der Waals surface area contributed by atoms with Gasteiger partial charge in [0.25, 0.3) is 0 Å². The van der Waals surface area contributed by atoms with Gasteiger partial charge in [-0.3, -0.25) is 0 Å². The zero-order valence-corrected chi connectivity index (χ0v) is 14.1. The van der Waals surface area contributed by atoms with Crippen LogP contribution < -0.4 is 0 Å². The van der Waals surface area contributed by atoms with Crippen molar-refractivity contribution in [1.82, 2.24) is 4.98 Å². The van der Waals surface area contributed by atoms with Crippen molar-refractivity contribution in [3.8, 4) is 0 Å². The Morgan fingerprint density at radius 3 is 2.04 bits per heavy atom. The molecule has 1 aromatic heterocycles. The van der Waals surface area contributed by atoms with Gasteiger partial charge < -0.3 is 4.98 Å². The lowest BCUT2D eigenvalue weighted by atomic mass is 9.93. The molecule has 0 radical (unpaired) electrons. The monoisotopic (exact) mass is 311 g/mol. The smallest absolute Gasteiger partial charge is 0.0536 e. The summed E-state index contributed by atoms with van der Waals surface area (Å²) in [6.07, 6.45) is 7.65. The first kappa shape index (κ1) is 14.8. The second kappa shape index (κ2) is 6.01. The molecular formula is C23H21N. The summed E-state index contributed by atoms with van der Waals surface area (Å²) in [5.41, 5.74) is 10.2. The van der Waals surface area contributed by atoms with Crippen LogP contribution in [0.15, 0.2) is 72.9 Å². The number of H-pyrrole nitrogens is 1. The molecule has 0 atom stereocenters. The Bertz CT molecular complexity index is 877. The fourth-order valence-corrected chi connectivity index (χ4v) is 3.48. The van der Waals surface area contributed by atoms with Gasteiger partial charge in [-0.2, -0.15) is 0 Å². The van der Waals surface area contributed by atoms with Crippen molar-refractivity contribution in [2.24, 2.45) is 0 Å². The highest BCUT2D eigenvalue weighted by Gasteiger charge is 2.18. The molecule has 3 aromatic rings. The molecule has 1 heterocycles. The van der Waals surface area contributed by atoms with E-state index in [4.69, 9.17) is 0 Å². The number of hydrogen-bond acceptors (Lipinski definition) is 0. The van der Waals surface area contributed by atoms with E-state index in [-0.39, 0.29) is 0 Å². The van der Waals surface area contributed by atoms with E-state index < -0.39 is 0 Å². The molecule has 4 rings (SSSR count). The maximum Gasteiger partial charge on any atom is 0.0536 e. The van der Waals surface area contributed by atoms with E-state index in [0.29, 0.717) is 0 Å². The van der Waals surface area contributed by atoms with Gasteiger partial charge >= 0.3 is 0 Å². The minimum absolute atomic E-state index is 0.940. The van der Waals surface area contributed by atoms with Crippen LogP contribution in [0.3, 0.4) is 0 Å². The molecule has 0 fully saturated rings. The quantitative estimate of drug-likeness (QED) is 0.606. The fraction of sp³-hybridized carbons (Fsp3) is 0.130. The molecule has 0 spiro atoms. The van der Waals surface area contributed by atoms with Crippen molar-refractivity contribution < 1.29 is 0 Å². The van der Waals surface area contributed by atoms with E-state index in [2.05, 4.69) is 85.6 Å². The predicted octanol–water partition coefficient (Wildman–Crippen LogP) is 5.90. The highest BCUT2D eigenvalue weighted by Crippen LogP contribution is 2.36. The van der Waals surface area contributed by atoms with Crippen molar-refractivity contribution in [3.05, 3.63) is 106 Å². The summed E-state index contributed by atoms with van der Waals surface area (Å²) in [6, 6.07) is 19.7. The Morgan fingerprint density at radius 1 is 0.750 bits per heavy atom. The third-order valence-electron chi connectivity index (χ3n) is 4.61. The zero-order valence-electron chi connectivity index (χ0n) is 14.1. The lowest BCUT2D eigenvalue weighted by Gasteiger charge is -2.11. The normalized spacial score (nSPS) is 13.8. The van der Waals surface area contributed by atoms with Crippen molar-refractivity contribution in [1.29, 1.82) is 0 Å². The topological polar surface area (TPSA) is 15.8 Å². The largest absolute Gasteiger partial charge is 0.361 e. The average Bonchev–Trinajstić information content (AvgIpc) is 2.97. The summed E-state index contributed by atoms with van der Waals surface area (Å²) in [7, 11) is 0. The molecule has 0 saturated carbocycles. The van der Waals surface area contributed by atoms with Crippen LogP contribution in [-0.4, -0.2) is 4.98 Å². The maximum absolute atomic E-state index is 3.47. The van der Waals surface area contributed by atoms with Crippen molar-refractivity contribution in [2.75, 3.05) is 0 Å². The predicted molar refractivity (Wildman–Crippen MR) is 102 cm³/mol. The third kappa shape index (κ3) is 2.63. The second-order valence-electron chi connectivity index (χ2n) is 6.48. The summed E-state index contributed by atoms with van der Waals surface area (Å²) < 4.78 is 0. The summed E-state index contributed by atoms with van der Waals surface area (Å²) in [5.74, 6) is 0. The van der Waals surface area contributed by atoms with Crippen LogP contribution in [-0.2, 0) is 0 Å². The fourth-order valence-electron chi connectivity index (χ4n) is 3.48. The Hall–Kier alpha value is -2.80. The van der Waals surface area contributed by atoms with Crippen LogP contribution >= 0.6 is 0 Å². The maximum atomic E-state index is 3.47. The number of hydrogen-bond donors (Lipinski definition) is 1. The van der Waals surface area contributed by atoms with Gasteiger partial charge in [-0.25, -0.2) is 0 Å². The summed E-state index contributed by atoms with van der Waals surface area (Å²) in [4.78, 5) is 3.47. The Kier molecular flexibility index (Phi) is 3.70. The first-order valence-corrected chi connectivity index (χ1v) is 8.45. The minimum atomic E-state index is 0.940. The second-order valence-corrected chi connectivity index (χ2v) is 6.48. The van der Waals surface area contributed by atoms with E-state index in [1.807, 2.05) is 6.20 Å². The molecule has 0 saturated heterocycles. The molecule has 1 aliphatic rings. The molecule has 118 valence electrons. The molecule has 1 heteroatoms. The summed E-state index contributed by atoms with van der Waals surface area (Å²) in [5, 5.41) is 0. The van der Waals surface area contributed by atoms with Crippen molar-refractivity contribution in [2.45, 2.75) is 20.3 Å². The van der Waals surface area contributed by atoms with Crippen LogP contribution in [0, 0.1) is 13.8 Å². The Labute approximate surface area is 143 Å². The van der Waals surface area contributed by atoms with Gasteiger partial charge in [0.05, 0.1) is 5.69 Å². The number of aromatic nitrogens is 1. The number of benzene rings is 2. The molecule has 1 N–H and O–H groups in total. The number of nitrogens with one attached hydrogen (secondary N) is 1. The zero-order chi connectivity index (χ0) is 16.5. The molecule has 1 aliphatic carbocycles. The van der Waals surface area contributed by atoms with E-state index in [9.17, 15) is 0 Å². The van der Waals surface area contributed by atoms with Crippen LogP contribution in [0.5, 0.6) is 0 Å². The van der Waals surface area contributed by atoms with Gasteiger partial charge in [0.15, 0.2) is 0 Å². The van der Waals surface area contributed by atoms with E-state index in [1.165, 1.54) is 44.7 Å². The van der Waals surface area contributed by atoms with E-state index >= 15 is 0 Å². The lowest BCUT2D eigenvalue weighted by Crippen LogP contribution is -1.94. The minimum Gasteiger partial charge on any atom is -0.361 e. The highest BCUT2D eigenvalue weighted by molar-refractivity contribution is 5.91. The molecule has 24 heavy (non-hydrogen) atoms. The van der Waals surface area contributed by atoms with Gasteiger partial charge in [0.1, 0.15) is 0 Å². The van der Waals surface area contributed by atoms with Crippen molar-refractivity contribution in [3.63, 3.8) is 0 Å². The standard InChI is InChI=1S/C23H21N/c1-16-6-3-8-18(14-16)20-10-5-11-21(23-22(20)12-13-24-23)19-9-4-7-17(2)15-19/h3-4,6-15,24H,5H2,1-2H3. The Balaban J connectivity index is 1.83. The highest BCUT2D eigenvalue weighted by atomic mass is 14.7. The molecular weight excluding hydrogens is 290 g/mol. The van der Waals surface area contributed by atoms with E-state index in [0.717, 1.165) is 6.42 Å². The number of rotatable bonds is 2. The van der Waals surface area contributed by atoms with Gasteiger partial charge in [-0.15, -0.1) is 0 Å². The molecule has 0 unspecified atom stereocenters. The lowest BCUT2D eigenvalue weighted by molar-refractivity contribution is 1.32. The molecule has 0 bridgehead atoms. The van der Waals surface area contributed by atoms with Crippen LogP contribution in [0.1, 0.15) is 39.9 Å². The number of fused-ring (bicyclic) bond motifs is 1. The SMILES string of the molecule is Cc1cccc(C2=CCC=C(c3cccc(C)c3)c3[nH]ccc32)c1. The van der Waals surface area contributed by atoms with Crippen LogP contribution in [0.25, 0.3) is 11.1 Å². The first-order chi connectivity index (χ1) is 11.7. The summed E-state index contributed by atoms with van der Waals surface area (Å²) in [6.45, 7) is 4.29. The number of aryl methyl sites for hydroxylation is 2. The summed E-state index contributed by atoms with van der Waals surface area (Å²) >= 11 is 0. The third-order valence-corrected chi connectivity index (χ3v) is 4.61. The Morgan fingerprint density at radius 2 is 1.38 bits per heavy atom. The molecule has 1 nitrogen and oxygen atoms in total. The average molecular weight is 311 g/mol. The van der Waals surface area contributed by atoms with Crippen LogP contribution in [0.4, 0.5) is 0 Å². The van der Waals surface area contributed by atoms with Crippen LogP contribution in [0.2, 0.25) is 0 Å². The van der Waals surface area contributed by atoms with E-state index in [1.54, 1.807) is 0 Å². The number of aromatic amines is 1. The molecule has 2 aromatic carbocycles. The van der Waals surface area contributed by atoms with Gasteiger partial charge in [-0.1, -0.05) is 71.8 Å². The van der Waals surface area contributed by atoms with Gasteiger partial charge in [-0.05, 0) is 43.0 Å². The molecule has 0 amide bonds. The first-order valence-electron chi connectivity index (χ1n) is 8.45. The van der Waals surface area contributed by atoms with Gasteiger partial charge in [0.2, 0.25) is 0 Å². The number of allylic oxidation sites excluding steroid dienone is 2.